The van der Waals surface area contributed by atoms with Gasteiger partial charge >= 0.3 is 0 Å². The molecule has 3 nitrogen and oxygen atoms in total. The Bertz CT molecular complexity index is 427. The zero-order chi connectivity index (χ0) is 15.3. The van der Waals surface area contributed by atoms with Gasteiger partial charge in [0.25, 0.3) is 0 Å². The van der Waals surface area contributed by atoms with E-state index < -0.39 is 0 Å². The van der Waals surface area contributed by atoms with Gasteiger partial charge in [-0.2, -0.15) is 0 Å². The van der Waals surface area contributed by atoms with Crippen molar-refractivity contribution in [3.63, 3.8) is 0 Å². The Morgan fingerprint density at radius 1 is 1.24 bits per heavy atom. The largest absolute Gasteiger partial charge is 0.489 e. The predicted octanol–water partition coefficient (Wildman–Crippen LogP) is 3.42. The van der Waals surface area contributed by atoms with E-state index in [1.54, 1.807) is 7.11 Å². The molecule has 1 aromatic carbocycles. The summed E-state index contributed by atoms with van der Waals surface area (Å²) >= 11 is 0. The molecule has 0 aliphatic heterocycles. The lowest BCUT2D eigenvalue weighted by Gasteiger charge is -2.43. The van der Waals surface area contributed by atoms with Crippen LogP contribution in [0.25, 0.3) is 0 Å². The number of methoxy groups -OCH3 is 1. The molecule has 3 heteroatoms. The maximum Gasteiger partial charge on any atom is 0.119 e. The topological polar surface area (TPSA) is 30.5 Å². The monoisotopic (exact) mass is 291 g/mol. The Labute approximate surface area is 129 Å². The molecule has 118 valence electrons. The van der Waals surface area contributed by atoms with Crippen molar-refractivity contribution in [3.8, 4) is 5.75 Å². The fraction of sp³-hybridized carbons (Fsp3) is 0.667. The molecule has 0 radical (unpaired) electrons. The molecule has 2 atom stereocenters. The second-order valence-electron chi connectivity index (χ2n) is 6.69. The quantitative estimate of drug-likeness (QED) is 0.871. The summed E-state index contributed by atoms with van der Waals surface area (Å²) < 4.78 is 11.4. The van der Waals surface area contributed by atoms with E-state index >= 15 is 0 Å². The van der Waals surface area contributed by atoms with Crippen LogP contribution in [-0.2, 0) is 11.2 Å². The summed E-state index contributed by atoms with van der Waals surface area (Å²) in [6, 6.07) is 8.84. The van der Waals surface area contributed by atoms with Crippen LogP contribution in [0.15, 0.2) is 24.3 Å². The van der Waals surface area contributed by atoms with Gasteiger partial charge in [-0.15, -0.1) is 0 Å². The molecule has 0 saturated heterocycles. The van der Waals surface area contributed by atoms with Crippen molar-refractivity contribution in [2.75, 3.05) is 20.8 Å². The van der Waals surface area contributed by atoms with Crippen LogP contribution in [0.3, 0.4) is 0 Å². The van der Waals surface area contributed by atoms with Gasteiger partial charge in [-0.05, 0) is 55.8 Å². The van der Waals surface area contributed by atoms with Gasteiger partial charge in [0.1, 0.15) is 11.9 Å². The molecule has 1 aliphatic rings. The van der Waals surface area contributed by atoms with Gasteiger partial charge in [0.05, 0.1) is 6.61 Å². The van der Waals surface area contributed by atoms with Gasteiger partial charge in [0.15, 0.2) is 0 Å². The molecule has 0 amide bonds. The van der Waals surface area contributed by atoms with Crippen molar-refractivity contribution in [2.24, 2.45) is 5.41 Å². The molecule has 0 aromatic heterocycles. The smallest absolute Gasteiger partial charge is 0.119 e. The summed E-state index contributed by atoms with van der Waals surface area (Å²) in [7, 11) is 3.78. The van der Waals surface area contributed by atoms with E-state index in [-0.39, 0.29) is 11.5 Å². The van der Waals surface area contributed by atoms with Crippen LogP contribution >= 0.6 is 0 Å². The van der Waals surface area contributed by atoms with Gasteiger partial charge in [0.2, 0.25) is 0 Å². The fourth-order valence-corrected chi connectivity index (χ4v) is 3.42. The van der Waals surface area contributed by atoms with Gasteiger partial charge in [-0.1, -0.05) is 26.0 Å². The summed E-state index contributed by atoms with van der Waals surface area (Å²) in [4.78, 5) is 0. The number of benzene rings is 1. The molecule has 1 fully saturated rings. The van der Waals surface area contributed by atoms with Crippen molar-refractivity contribution in [1.82, 2.24) is 5.32 Å². The summed E-state index contributed by atoms with van der Waals surface area (Å²) in [6.07, 6.45) is 4.83. The van der Waals surface area contributed by atoms with Crippen LogP contribution in [-0.4, -0.2) is 32.9 Å². The number of likely N-dealkylation sites (N-methyl/N-ethyl adjacent to an activating group) is 1. The molecule has 21 heavy (non-hydrogen) atoms. The molecular weight excluding hydrogens is 262 g/mol. The third kappa shape index (κ3) is 4.21. The van der Waals surface area contributed by atoms with E-state index in [4.69, 9.17) is 9.47 Å². The molecule has 1 aliphatic carbocycles. The molecule has 2 unspecified atom stereocenters. The average Bonchev–Trinajstić information content (AvgIpc) is 2.46. The van der Waals surface area contributed by atoms with E-state index in [0.29, 0.717) is 6.04 Å². The Hall–Kier alpha value is -1.06. The molecule has 0 heterocycles. The number of hydrogen-bond acceptors (Lipinski definition) is 3. The lowest BCUT2D eigenvalue weighted by atomic mass is 9.72. The standard InChI is InChI=1S/C18H29NO2/c1-18(2)12-5-6-16(17(18)19-3)21-15-9-7-14(8-10-15)11-13-20-4/h7-10,16-17,19H,5-6,11-13H2,1-4H3. The molecule has 1 aromatic rings. The maximum atomic E-state index is 6.26. The van der Waals surface area contributed by atoms with Crippen LogP contribution < -0.4 is 10.1 Å². The Morgan fingerprint density at radius 2 is 1.95 bits per heavy atom. The van der Waals surface area contributed by atoms with Gasteiger partial charge in [0, 0.05) is 13.2 Å². The molecule has 1 saturated carbocycles. The zero-order valence-corrected chi connectivity index (χ0v) is 13.8. The van der Waals surface area contributed by atoms with Crippen molar-refractivity contribution >= 4 is 0 Å². The highest BCUT2D eigenvalue weighted by atomic mass is 16.5. The number of nitrogens with one attached hydrogen (secondary N) is 1. The van der Waals surface area contributed by atoms with Crippen molar-refractivity contribution in [1.29, 1.82) is 0 Å². The molecule has 0 spiro atoms. The second kappa shape index (κ2) is 7.28. The van der Waals surface area contributed by atoms with Crippen LogP contribution in [0.2, 0.25) is 0 Å². The van der Waals surface area contributed by atoms with Crippen LogP contribution in [0.1, 0.15) is 38.7 Å². The van der Waals surface area contributed by atoms with Gasteiger partial charge in [-0.3, -0.25) is 0 Å². The highest BCUT2D eigenvalue weighted by Crippen LogP contribution is 2.37. The number of ether oxygens (including phenoxy) is 2. The lowest BCUT2D eigenvalue weighted by molar-refractivity contribution is 0.0403. The first-order valence-corrected chi connectivity index (χ1v) is 7.98. The molecule has 1 N–H and O–H groups in total. The minimum atomic E-state index is 0.253. The summed E-state index contributed by atoms with van der Waals surface area (Å²) in [6.45, 7) is 5.42. The number of rotatable bonds is 6. The Morgan fingerprint density at radius 3 is 2.57 bits per heavy atom. The first-order chi connectivity index (χ1) is 10.1. The minimum absolute atomic E-state index is 0.253. The van der Waals surface area contributed by atoms with E-state index in [9.17, 15) is 0 Å². The highest BCUT2D eigenvalue weighted by Gasteiger charge is 2.39. The number of hydrogen-bond donors (Lipinski definition) is 1. The summed E-state index contributed by atoms with van der Waals surface area (Å²) in [5.74, 6) is 0.971. The lowest BCUT2D eigenvalue weighted by Crippen LogP contribution is -2.53. The van der Waals surface area contributed by atoms with Crippen molar-refractivity contribution in [2.45, 2.75) is 51.7 Å². The van der Waals surface area contributed by atoms with E-state index in [0.717, 1.165) is 25.2 Å². The highest BCUT2D eigenvalue weighted by molar-refractivity contribution is 5.28. The average molecular weight is 291 g/mol. The van der Waals surface area contributed by atoms with Crippen molar-refractivity contribution in [3.05, 3.63) is 29.8 Å². The Balaban J connectivity index is 1.99. The fourth-order valence-electron chi connectivity index (χ4n) is 3.42. The van der Waals surface area contributed by atoms with Crippen LogP contribution in [0.5, 0.6) is 5.75 Å². The van der Waals surface area contributed by atoms with Crippen LogP contribution in [0.4, 0.5) is 0 Å². The second-order valence-corrected chi connectivity index (χ2v) is 6.69. The first-order valence-electron chi connectivity index (χ1n) is 7.98. The van der Waals surface area contributed by atoms with Crippen molar-refractivity contribution < 1.29 is 9.47 Å². The third-order valence-electron chi connectivity index (χ3n) is 4.64. The predicted molar refractivity (Wildman–Crippen MR) is 86.9 cm³/mol. The zero-order valence-electron chi connectivity index (χ0n) is 13.8. The third-order valence-corrected chi connectivity index (χ3v) is 4.64. The maximum absolute atomic E-state index is 6.26. The van der Waals surface area contributed by atoms with Crippen LogP contribution in [0, 0.1) is 5.41 Å². The SMILES string of the molecule is CNC1C(Oc2ccc(CCOC)cc2)CCCC1(C)C. The molecular formula is C18H29NO2. The first kappa shape index (κ1) is 16.3. The van der Waals surface area contributed by atoms with Gasteiger partial charge < -0.3 is 14.8 Å². The van der Waals surface area contributed by atoms with E-state index in [2.05, 4.69) is 43.4 Å². The van der Waals surface area contributed by atoms with E-state index in [1.165, 1.54) is 18.4 Å². The summed E-state index contributed by atoms with van der Waals surface area (Å²) in [5.41, 5.74) is 1.58. The summed E-state index contributed by atoms with van der Waals surface area (Å²) in [5, 5.41) is 3.46. The minimum Gasteiger partial charge on any atom is -0.489 e. The van der Waals surface area contributed by atoms with E-state index in [1.807, 2.05) is 7.05 Å². The molecule has 0 bridgehead atoms. The van der Waals surface area contributed by atoms with Gasteiger partial charge in [-0.25, -0.2) is 0 Å². The Kier molecular flexibility index (Phi) is 5.65. The normalized spacial score (nSPS) is 24.8. The molecule has 2 rings (SSSR count).